The van der Waals surface area contributed by atoms with Crippen LogP contribution in [-0.2, 0) is 14.3 Å². The number of cyclic esters (lactones) is 1. The summed E-state index contributed by atoms with van der Waals surface area (Å²) < 4.78 is 23.2. The second-order valence-corrected chi connectivity index (χ2v) is 8.25. The van der Waals surface area contributed by atoms with Crippen molar-refractivity contribution in [2.24, 2.45) is 17.8 Å². The molecule has 0 N–H and O–H groups in total. The number of carbonyl (C=O) groups is 1. The number of hydrogen-bond acceptors (Lipinski definition) is 5. The zero-order valence-corrected chi connectivity index (χ0v) is 15.8. The highest BCUT2D eigenvalue weighted by molar-refractivity contribution is 5.74. The highest BCUT2D eigenvalue weighted by Crippen LogP contribution is 2.45. The lowest BCUT2D eigenvalue weighted by molar-refractivity contribution is -0.189. The first-order chi connectivity index (χ1) is 12.5. The Kier molecular flexibility index (Phi) is 4.82. The van der Waals surface area contributed by atoms with Crippen molar-refractivity contribution in [1.82, 2.24) is 0 Å². The zero-order valence-electron chi connectivity index (χ0n) is 15.8. The first-order valence-electron chi connectivity index (χ1n) is 9.76. The van der Waals surface area contributed by atoms with Crippen LogP contribution < -0.4 is 9.47 Å². The number of para-hydroxylation sites is 1. The summed E-state index contributed by atoms with van der Waals surface area (Å²) in [6.07, 6.45) is 3.34. The van der Waals surface area contributed by atoms with E-state index in [0.717, 1.165) is 23.5 Å². The second-order valence-electron chi connectivity index (χ2n) is 8.25. The lowest BCUT2D eigenvalue weighted by Crippen LogP contribution is -2.38. The fraction of sp³-hybridized carbons (Fsp3) is 0.667. The Morgan fingerprint density at radius 1 is 1.19 bits per heavy atom. The lowest BCUT2D eigenvalue weighted by Gasteiger charge is -2.38. The Hall–Kier alpha value is -1.75. The molecule has 1 aromatic rings. The van der Waals surface area contributed by atoms with Crippen LogP contribution in [0.4, 0.5) is 0 Å². The second kappa shape index (κ2) is 7.10. The third-order valence-electron chi connectivity index (χ3n) is 6.06. The minimum absolute atomic E-state index is 0.131. The molecular formula is C21H28O5. The molecule has 1 saturated carbocycles. The molecule has 3 aliphatic rings. The minimum Gasteiger partial charge on any atom is -0.454 e. The van der Waals surface area contributed by atoms with E-state index in [-0.39, 0.29) is 24.8 Å². The van der Waals surface area contributed by atoms with Crippen molar-refractivity contribution in [3.8, 4) is 11.5 Å². The van der Waals surface area contributed by atoms with E-state index >= 15 is 0 Å². The molecule has 0 aromatic heterocycles. The van der Waals surface area contributed by atoms with Crippen molar-refractivity contribution in [1.29, 1.82) is 0 Å². The fourth-order valence-corrected chi connectivity index (χ4v) is 4.60. The number of benzene rings is 1. The fourth-order valence-electron chi connectivity index (χ4n) is 4.60. The van der Waals surface area contributed by atoms with Gasteiger partial charge in [0.1, 0.15) is 0 Å². The summed E-state index contributed by atoms with van der Waals surface area (Å²) in [4.78, 5) is 12.1. The normalized spacial score (nSPS) is 33.5. The van der Waals surface area contributed by atoms with Gasteiger partial charge in [-0.05, 0) is 36.7 Å². The van der Waals surface area contributed by atoms with Crippen LogP contribution in [0, 0.1) is 17.8 Å². The maximum atomic E-state index is 12.1. The number of esters is 1. The summed E-state index contributed by atoms with van der Waals surface area (Å²) in [5.74, 6) is 2.80. The number of fused-ring (bicyclic) bond motifs is 1. The first kappa shape index (κ1) is 17.7. The zero-order chi connectivity index (χ0) is 18.3. The van der Waals surface area contributed by atoms with Gasteiger partial charge in [-0.1, -0.05) is 39.3 Å². The maximum Gasteiger partial charge on any atom is 0.308 e. The molecule has 5 nitrogen and oxygen atoms in total. The summed E-state index contributed by atoms with van der Waals surface area (Å²) in [6, 6.07) is 5.80. The molecule has 1 saturated heterocycles. The molecule has 0 spiro atoms. The van der Waals surface area contributed by atoms with Gasteiger partial charge in [0.2, 0.25) is 13.1 Å². The number of rotatable bonds is 4. The molecule has 0 radical (unpaired) electrons. The molecule has 2 heterocycles. The Morgan fingerprint density at radius 2 is 2.04 bits per heavy atom. The molecule has 2 fully saturated rings. The van der Waals surface area contributed by atoms with Gasteiger partial charge >= 0.3 is 5.97 Å². The predicted molar refractivity (Wildman–Crippen MR) is 96.0 cm³/mol. The molecular weight excluding hydrogens is 332 g/mol. The molecule has 1 aromatic carbocycles. The van der Waals surface area contributed by atoms with Gasteiger partial charge in [-0.2, -0.15) is 0 Å². The Morgan fingerprint density at radius 3 is 2.85 bits per heavy atom. The molecule has 0 bridgehead atoms. The SMILES string of the molecule is CC(C)[C@H]1CC[C@H](C)C[C@@H]1O[C@H]1OC(=O)C[C@@H]1c1cccc2c1OCO2. The van der Waals surface area contributed by atoms with Crippen molar-refractivity contribution in [2.45, 2.75) is 64.8 Å². The molecule has 2 aliphatic heterocycles. The van der Waals surface area contributed by atoms with Crippen LogP contribution in [-0.4, -0.2) is 25.2 Å². The standard InChI is InChI=1S/C21H28O5/c1-12(2)14-8-7-13(3)9-18(14)25-21-16(10-19(22)26-21)15-5-4-6-17-20(15)24-11-23-17/h4-6,12-14,16,18,21H,7-11H2,1-3H3/t13-,14+,16+,18-,21-/m0/s1. The number of carbonyl (C=O) groups excluding carboxylic acids is 1. The molecule has 0 amide bonds. The van der Waals surface area contributed by atoms with Gasteiger partial charge in [-0.25, -0.2) is 0 Å². The average Bonchev–Trinajstić information content (AvgIpc) is 3.20. The summed E-state index contributed by atoms with van der Waals surface area (Å²) in [5.41, 5.74) is 0.945. The predicted octanol–water partition coefficient (Wildman–Crippen LogP) is 4.25. The van der Waals surface area contributed by atoms with Crippen LogP contribution in [0.1, 0.15) is 57.9 Å². The lowest BCUT2D eigenvalue weighted by atomic mass is 9.75. The molecule has 5 heteroatoms. The third-order valence-corrected chi connectivity index (χ3v) is 6.06. The molecule has 26 heavy (non-hydrogen) atoms. The van der Waals surface area contributed by atoms with Gasteiger partial charge in [0.15, 0.2) is 11.5 Å². The van der Waals surface area contributed by atoms with Gasteiger partial charge < -0.3 is 18.9 Å². The Balaban J connectivity index is 1.57. The van der Waals surface area contributed by atoms with Crippen LogP contribution in [0.2, 0.25) is 0 Å². The highest BCUT2D eigenvalue weighted by atomic mass is 16.7. The topological polar surface area (TPSA) is 54.0 Å². The first-order valence-corrected chi connectivity index (χ1v) is 9.76. The molecule has 0 unspecified atom stereocenters. The number of ether oxygens (including phenoxy) is 4. The summed E-state index contributed by atoms with van der Waals surface area (Å²) in [7, 11) is 0. The van der Waals surface area contributed by atoms with Crippen LogP contribution in [0.15, 0.2) is 18.2 Å². The molecule has 4 rings (SSSR count). The van der Waals surface area contributed by atoms with E-state index in [9.17, 15) is 4.79 Å². The van der Waals surface area contributed by atoms with Crippen LogP contribution >= 0.6 is 0 Å². The van der Waals surface area contributed by atoms with E-state index in [1.165, 1.54) is 12.8 Å². The Bertz CT molecular complexity index is 670. The van der Waals surface area contributed by atoms with E-state index in [0.29, 0.717) is 24.2 Å². The number of hydrogen-bond donors (Lipinski definition) is 0. The van der Waals surface area contributed by atoms with Crippen LogP contribution in [0.3, 0.4) is 0 Å². The van der Waals surface area contributed by atoms with E-state index in [1.54, 1.807) is 0 Å². The Labute approximate surface area is 155 Å². The molecule has 5 atom stereocenters. The molecule has 1 aliphatic carbocycles. The van der Waals surface area contributed by atoms with E-state index in [1.807, 2.05) is 18.2 Å². The molecule has 142 valence electrons. The average molecular weight is 360 g/mol. The summed E-state index contributed by atoms with van der Waals surface area (Å²) in [6.45, 7) is 7.00. The van der Waals surface area contributed by atoms with Crippen LogP contribution in [0.5, 0.6) is 11.5 Å². The van der Waals surface area contributed by atoms with E-state index in [4.69, 9.17) is 18.9 Å². The third kappa shape index (κ3) is 3.29. The van der Waals surface area contributed by atoms with Gasteiger partial charge in [0, 0.05) is 5.56 Å². The van der Waals surface area contributed by atoms with E-state index in [2.05, 4.69) is 20.8 Å². The quantitative estimate of drug-likeness (QED) is 0.752. The van der Waals surface area contributed by atoms with Gasteiger partial charge in [0.05, 0.1) is 18.4 Å². The largest absolute Gasteiger partial charge is 0.454 e. The van der Waals surface area contributed by atoms with Crippen molar-refractivity contribution in [3.05, 3.63) is 23.8 Å². The van der Waals surface area contributed by atoms with Crippen molar-refractivity contribution >= 4 is 5.97 Å². The van der Waals surface area contributed by atoms with Gasteiger partial charge in [-0.15, -0.1) is 0 Å². The maximum absolute atomic E-state index is 12.1. The minimum atomic E-state index is -0.547. The smallest absolute Gasteiger partial charge is 0.308 e. The van der Waals surface area contributed by atoms with Gasteiger partial charge in [0.25, 0.3) is 0 Å². The van der Waals surface area contributed by atoms with Crippen molar-refractivity contribution in [2.75, 3.05) is 6.79 Å². The highest BCUT2D eigenvalue weighted by Gasteiger charge is 2.43. The summed E-state index contributed by atoms with van der Waals surface area (Å²) >= 11 is 0. The monoisotopic (exact) mass is 360 g/mol. The van der Waals surface area contributed by atoms with Gasteiger partial charge in [-0.3, -0.25) is 4.79 Å². The summed E-state index contributed by atoms with van der Waals surface area (Å²) in [5, 5.41) is 0. The van der Waals surface area contributed by atoms with E-state index < -0.39 is 6.29 Å². The van der Waals surface area contributed by atoms with Crippen LogP contribution in [0.25, 0.3) is 0 Å². The van der Waals surface area contributed by atoms with Crippen molar-refractivity contribution in [3.63, 3.8) is 0 Å². The van der Waals surface area contributed by atoms with Crippen molar-refractivity contribution < 1.29 is 23.7 Å².